The van der Waals surface area contributed by atoms with Crippen LogP contribution in [0.3, 0.4) is 0 Å². The maximum atomic E-state index is 13.3. The molecule has 27 heavy (non-hydrogen) atoms. The first-order valence-corrected chi connectivity index (χ1v) is 9.09. The molecule has 3 N–H and O–H groups in total. The Morgan fingerprint density at radius 2 is 2.04 bits per heavy atom. The van der Waals surface area contributed by atoms with E-state index in [1.54, 1.807) is 0 Å². The number of carbonyl (C=O) groups is 3. The van der Waals surface area contributed by atoms with Crippen LogP contribution in [-0.2, 0) is 16.1 Å². The number of piperazine rings is 1. The maximum Gasteiger partial charge on any atom is 0.408 e. The number of fused-ring (bicyclic) bond motifs is 2. The van der Waals surface area contributed by atoms with Gasteiger partial charge in [-0.1, -0.05) is 44.2 Å². The molecule has 2 bridgehead atoms. The average Bonchev–Trinajstić information content (AvgIpc) is 3.24. The molecule has 2 fully saturated rings. The van der Waals surface area contributed by atoms with Gasteiger partial charge in [0.15, 0.2) is 5.78 Å². The zero-order valence-corrected chi connectivity index (χ0v) is 15.5. The molecule has 0 radical (unpaired) electrons. The fraction of sp³-hybridized carbons (Fsp3) is 0.526. The fourth-order valence-corrected chi connectivity index (χ4v) is 3.89. The summed E-state index contributed by atoms with van der Waals surface area (Å²) in [7, 11) is 0. The average molecular weight is 375 g/mol. The molecule has 2 saturated heterocycles. The van der Waals surface area contributed by atoms with Crippen LogP contribution in [0.15, 0.2) is 30.3 Å². The van der Waals surface area contributed by atoms with Gasteiger partial charge in [0.1, 0.15) is 12.1 Å². The van der Waals surface area contributed by atoms with Crippen molar-refractivity contribution in [2.45, 2.75) is 44.5 Å². The first kappa shape index (κ1) is 19.2. The Morgan fingerprint density at radius 3 is 2.63 bits per heavy atom. The minimum absolute atomic E-state index is 0.0251. The molecular formula is C19H25N3O5. The van der Waals surface area contributed by atoms with Gasteiger partial charge < -0.3 is 20.5 Å². The predicted octanol–water partition coefficient (Wildman–Crippen LogP) is 1.60. The first-order valence-electron chi connectivity index (χ1n) is 9.09. The van der Waals surface area contributed by atoms with Gasteiger partial charge in [0, 0.05) is 19.1 Å². The second kappa shape index (κ2) is 7.56. The molecule has 2 aliphatic rings. The minimum Gasteiger partial charge on any atom is -0.465 e. The summed E-state index contributed by atoms with van der Waals surface area (Å²) in [6.45, 7) is 4.28. The van der Waals surface area contributed by atoms with E-state index in [0.717, 1.165) is 5.56 Å². The summed E-state index contributed by atoms with van der Waals surface area (Å²) in [5.41, 5.74) is -0.285. The number of rotatable bonds is 6. The van der Waals surface area contributed by atoms with E-state index in [2.05, 4.69) is 10.6 Å². The van der Waals surface area contributed by atoms with Gasteiger partial charge in [0.2, 0.25) is 0 Å². The number of hydrogen-bond donors (Lipinski definition) is 3. The normalized spacial score (nSPS) is 24.7. The molecule has 1 aromatic carbocycles. The number of likely N-dealkylation sites (tertiary alicyclic amines) is 1. The Bertz CT molecular complexity index is 723. The number of benzene rings is 1. The lowest BCUT2D eigenvalue weighted by atomic mass is 9.84. The Labute approximate surface area is 157 Å². The molecule has 3 atom stereocenters. The van der Waals surface area contributed by atoms with Crippen LogP contribution in [0.25, 0.3) is 0 Å². The van der Waals surface area contributed by atoms with Crippen molar-refractivity contribution in [3.8, 4) is 0 Å². The maximum absolute atomic E-state index is 13.3. The second-order valence-corrected chi connectivity index (χ2v) is 7.50. The molecule has 0 aromatic heterocycles. The van der Waals surface area contributed by atoms with Gasteiger partial charge in [-0.2, -0.15) is 0 Å². The Morgan fingerprint density at radius 1 is 1.33 bits per heavy atom. The van der Waals surface area contributed by atoms with Crippen LogP contribution < -0.4 is 10.6 Å². The Hall–Kier alpha value is -2.61. The van der Waals surface area contributed by atoms with E-state index in [-0.39, 0.29) is 37.4 Å². The lowest BCUT2D eigenvalue weighted by Crippen LogP contribution is -2.64. The van der Waals surface area contributed by atoms with E-state index in [1.807, 2.05) is 44.2 Å². The number of alkyl carbamates (subject to hydrolysis) is 1. The Balaban J connectivity index is 1.68. The summed E-state index contributed by atoms with van der Waals surface area (Å²) >= 11 is 0. The number of carboxylic acid groups (broad SMARTS) is 1. The predicted molar refractivity (Wildman–Crippen MR) is 97.3 cm³/mol. The van der Waals surface area contributed by atoms with Crippen molar-refractivity contribution in [1.82, 2.24) is 15.5 Å². The number of Topliss-reactive ketones (excluding diaryl/α,β-unsaturated/α-hetero) is 1. The van der Waals surface area contributed by atoms with E-state index in [9.17, 15) is 19.5 Å². The molecule has 0 saturated carbocycles. The molecule has 0 aliphatic carbocycles. The zero-order valence-electron chi connectivity index (χ0n) is 15.5. The number of ether oxygens (including phenoxy) is 1. The molecule has 0 spiro atoms. The lowest BCUT2D eigenvalue weighted by Gasteiger charge is -2.38. The van der Waals surface area contributed by atoms with Gasteiger partial charge in [-0.25, -0.2) is 9.59 Å². The monoisotopic (exact) mass is 375 g/mol. The largest absolute Gasteiger partial charge is 0.465 e. The summed E-state index contributed by atoms with van der Waals surface area (Å²) in [5, 5.41) is 15.3. The van der Waals surface area contributed by atoms with Crippen LogP contribution >= 0.6 is 0 Å². The summed E-state index contributed by atoms with van der Waals surface area (Å²) in [6, 6.07) is 8.39. The highest BCUT2D eigenvalue weighted by atomic mass is 16.5. The van der Waals surface area contributed by atoms with Crippen LogP contribution in [0.4, 0.5) is 9.59 Å². The number of nitrogens with zero attached hydrogens (tertiary/aromatic N) is 1. The summed E-state index contributed by atoms with van der Waals surface area (Å²) < 4.78 is 5.22. The van der Waals surface area contributed by atoms with Crippen LogP contribution in [0.1, 0.15) is 25.8 Å². The third-order valence-electron chi connectivity index (χ3n) is 5.31. The van der Waals surface area contributed by atoms with Crippen molar-refractivity contribution in [3.05, 3.63) is 35.9 Å². The number of amides is 2. The van der Waals surface area contributed by atoms with Crippen LogP contribution in [0.5, 0.6) is 0 Å². The molecule has 8 nitrogen and oxygen atoms in total. The summed E-state index contributed by atoms with van der Waals surface area (Å²) in [6.07, 6.45) is -1.37. The van der Waals surface area contributed by atoms with Crippen molar-refractivity contribution >= 4 is 18.0 Å². The second-order valence-electron chi connectivity index (χ2n) is 7.50. The van der Waals surface area contributed by atoms with Gasteiger partial charge in [0.25, 0.3) is 0 Å². The van der Waals surface area contributed by atoms with Crippen molar-refractivity contribution < 1.29 is 24.2 Å². The van der Waals surface area contributed by atoms with Crippen molar-refractivity contribution in [1.29, 1.82) is 0 Å². The topological polar surface area (TPSA) is 108 Å². The highest BCUT2D eigenvalue weighted by Crippen LogP contribution is 2.37. The molecule has 8 heteroatoms. The van der Waals surface area contributed by atoms with Gasteiger partial charge in [-0.05, 0) is 17.9 Å². The van der Waals surface area contributed by atoms with Crippen LogP contribution in [0.2, 0.25) is 0 Å². The van der Waals surface area contributed by atoms with Crippen LogP contribution in [-0.4, -0.2) is 58.7 Å². The van der Waals surface area contributed by atoms with Crippen molar-refractivity contribution in [3.63, 3.8) is 0 Å². The molecule has 1 aromatic rings. The van der Waals surface area contributed by atoms with Crippen molar-refractivity contribution in [2.24, 2.45) is 5.92 Å². The summed E-state index contributed by atoms with van der Waals surface area (Å²) in [4.78, 5) is 38.3. The molecule has 2 unspecified atom stereocenters. The van der Waals surface area contributed by atoms with Gasteiger partial charge >= 0.3 is 12.2 Å². The van der Waals surface area contributed by atoms with E-state index < -0.39 is 23.8 Å². The van der Waals surface area contributed by atoms with E-state index in [1.165, 1.54) is 4.90 Å². The first-order chi connectivity index (χ1) is 12.8. The standard InChI is InChI=1S/C19H25N3O5/c1-12(2)15(21-17(24)27-10-13-6-4-3-5-7-13)16(23)19-8-14(20-11-19)9-22(19)18(25)26/h3-7,12,14-15,20H,8-11H2,1-2H3,(H,21,24)(H,25,26)/t14?,15-,19?/m0/s1. The molecule has 2 aliphatic heterocycles. The highest BCUT2D eigenvalue weighted by molar-refractivity contribution is 5.98. The van der Waals surface area contributed by atoms with Crippen LogP contribution in [0, 0.1) is 5.92 Å². The van der Waals surface area contributed by atoms with Crippen molar-refractivity contribution in [2.75, 3.05) is 13.1 Å². The van der Waals surface area contributed by atoms with E-state index >= 15 is 0 Å². The third-order valence-corrected chi connectivity index (χ3v) is 5.31. The number of carbonyl (C=O) groups excluding carboxylic acids is 2. The lowest BCUT2D eigenvalue weighted by molar-refractivity contribution is -0.131. The minimum atomic E-state index is -1.13. The SMILES string of the molecule is CC(C)[C@H](NC(=O)OCc1ccccc1)C(=O)C12CNC(CN1C(=O)O)C2. The van der Waals surface area contributed by atoms with Gasteiger partial charge in [-0.15, -0.1) is 0 Å². The number of hydrogen-bond acceptors (Lipinski definition) is 5. The van der Waals surface area contributed by atoms with Gasteiger partial charge in [0.05, 0.1) is 6.04 Å². The number of ketones is 1. The molecule has 2 amide bonds. The molecular weight excluding hydrogens is 350 g/mol. The van der Waals surface area contributed by atoms with E-state index in [4.69, 9.17) is 4.74 Å². The third kappa shape index (κ3) is 3.75. The molecule has 146 valence electrons. The Kier molecular flexibility index (Phi) is 5.36. The fourth-order valence-electron chi connectivity index (χ4n) is 3.89. The van der Waals surface area contributed by atoms with E-state index in [0.29, 0.717) is 6.42 Å². The summed E-state index contributed by atoms with van der Waals surface area (Å²) in [5.74, 6) is -0.490. The zero-order chi connectivity index (χ0) is 19.6. The highest BCUT2D eigenvalue weighted by Gasteiger charge is 2.59. The molecule has 2 heterocycles. The number of nitrogens with one attached hydrogen (secondary N) is 2. The smallest absolute Gasteiger partial charge is 0.408 e. The quantitative estimate of drug-likeness (QED) is 0.697. The molecule has 3 rings (SSSR count). The van der Waals surface area contributed by atoms with Gasteiger partial charge in [-0.3, -0.25) is 9.69 Å².